The number of ether oxygens (including phenoxy) is 1. The van der Waals surface area contributed by atoms with E-state index in [0.717, 1.165) is 5.56 Å². The van der Waals surface area contributed by atoms with Crippen molar-refractivity contribution in [3.63, 3.8) is 0 Å². The molecule has 7 nitrogen and oxygen atoms in total. The highest BCUT2D eigenvalue weighted by Gasteiger charge is 2.34. The van der Waals surface area contributed by atoms with Crippen molar-refractivity contribution in [1.82, 2.24) is 10.1 Å². The van der Waals surface area contributed by atoms with Gasteiger partial charge in [0, 0.05) is 24.2 Å². The molecule has 0 spiro atoms. The van der Waals surface area contributed by atoms with Crippen molar-refractivity contribution in [3.8, 4) is 17.1 Å². The van der Waals surface area contributed by atoms with Crippen molar-refractivity contribution in [2.24, 2.45) is 0 Å². The number of rotatable bonds is 6. The molecule has 0 aliphatic carbocycles. The van der Waals surface area contributed by atoms with E-state index in [1.54, 1.807) is 18.1 Å². The van der Waals surface area contributed by atoms with Crippen LogP contribution < -0.4 is 4.74 Å². The highest BCUT2D eigenvalue weighted by Crippen LogP contribution is 2.25. The number of hydrogen-bond donors (Lipinski definition) is 0. The summed E-state index contributed by atoms with van der Waals surface area (Å²) in [5.74, 6) is 1.31. The Balaban J connectivity index is 1.70. The highest BCUT2D eigenvalue weighted by atomic mass is 32.2. The van der Waals surface area contributed by atoms with Crippen LogP contribution in [-0.4, -0.2) is 55.6 Å². The van der Waals surface area contributed by atoms with E-state index in [9.17, 15) is 13.2 Å². The summed E-state index contributed by atoms with van der Waals surface area (Å²) in [6.45, 7) is 2.33. The molecule has 1 aromatic heterocycles. The van der Waals surface area contributed by atoms with Gasteiger partial charge in [-0.15, -0.1) is 0 Å². The van der Waals surface area contributed by atoms with Crippen LogP contribution in [0, 0.1) is 0 Å². The van der Waals surface area contributed by atoms with E-state index in [1.165, 1.54) is 0 Å². The monoisotopic (exact) mass is 378 g/mol. The van der Waals surface area contributed by atoms with Gasteiger partial charge in [-0.25, -0.2) is 8.42 Å². The third-order valence-corrected chi connectivity index (χ3v) is 6.31. The van der Waals surface area contributed by atoms with Crippen LogP contribution in [0.2, 0.25) is 0 Å². The fourth-order valence-corrected chi connectivity index (χ4v) is 4.95. The van der Waals surface area contributed by atoms with Gasteiger partial charge in [0.05, 0.1) is 30.7 Å². The first-order valence-electron chi connectivity index (χ1n) is 8.51. The van der Waals surface area contributed by atoms with Crippen LogP contribution in [0.15, 0.2) is 34.9 Å². The number of amides is 1. The molecule has 1 saturated heterocycles. The van der Waals surface area contributed by atoms with Gasteiger partial charge < -0.3 is 14.2 Å². The van der Waals surface area contributed by atoms with Crippen LogP contribution in [0.1, 0.15) is 19.0 Å². The van der Waals surface area contributed by atoms with Gasteiger partial charge in [-0.05, 0) is 25.5 Å². The van der Waals surface area contributed by atoms with Gasteiger partial charge >= 0.3 is 0 Å². The van der Waals surface area contributed by atoms with Crippen molar-refractivity contribution in [2.45, 2.75) is 25.8 Å². The number of benzene rings is 1. The lowest BCUT2D eigenvalue weighted by atomic mass is 10.1. The fourth-order valence-electron chi connectivity index (χ4n) is 3.22. The van der Waals surface area contributed by atoms with Crippen LogP contribution in [0.25, 0.3) is 11.3 Å². The Morgan fingerprint density at radius 2 is 2.19 bits per heavy atom. The second-order valence-electron chi connectivity index (χ2n) is 6.33. The first-order chi connectivity index (χ1) is 12.4. The number of hydrogen-bond acceptors (Lipinski definition) is 6. The molecular formula is C18H22N2O5S. The van der Waals surface area contributed by atoms with E-state index >= 15 is 0 Å². The lowest BCUT2D eigenvalue weighted by Crippen LogP contribution is -2.41. The summed E-state index contributed by atoms with van der Waals surface area (Å²) < 4.78 is 33.9. The van der Waals surface area contributed by atoms with Gasteiger partial charge in [0.2, 0.25) is 5.91 Å². The van der Waals surface area contributed by atoms with E-state index < -0.39 is 9.84 Å². The normalized spacial score (nSPS) is 18.6. The Hall–Kier alpha value is -2.35. The number of carbonyl (C=O) groups is 1. The number of sulfone groups is 1. The zero-order valence-electron chi connectivity index (χ0n) is 14.8. The summed E-state index contributed by atoms with van der Waals surface area (Å²) in [5.41, 5.74) is 1.33. The van der Waals surface area contributed by atoms with Gasteiger partial charge in [0.25, 0.3) is 0 Å². The smallest absolute Gasteiger partial charge is 0.228 e. The van der Waals surface area contributed by atoms with Gasteiger partial charge in [0.1, 0.15) is 5.75 Å². The van der Waals surface area contributed by atoms with E-state index in [2.05, 4.69) is 5.16 Å². The van der Waals surface area contributed by atoms with Crippen LogP contribution >= 0.6 is 0 Å². The molecule has 8 heteroatoms. The summed E-state index contributed by atoms with van der Waals surface area (Å²) in [7, 11) is -1.45. The lowest BCUT2D eigenvalue weighted by Gasteiger charge is -2.26. The summed E-state index contributed by atoms with van der Waals surface area (Å²) in [6.07, 6.45) is 0.577. The van der Waals surface area contributed by atoms with Crippen molar-refractivity contribution < 1.29 is 22.5 Å². The molecule has 1 unspecified atom stereocenters. The molecule has 1 amide bonds. The van der Waals surface area contributed by atoms with Crippen molar-refractivity contribution in [2.75, 3.05) is 25.2 Å². The van der Waals surface area contributed by atoms with Crippen LogP contribution in [0.3, 0.4) is 0 Å². The van der Waals surface area contributed by atoms with Crippen molar-refractivity contribution in [1.29, 1.82) is 0 Å². The molecule has 0 radical (unpaired) electrons. The minimum absolute atomic E-state index is 0.0421. The molecule has 1 aromatic carbocycles. The highest BCUT2D eigenvalue weighted by molar-refractivity contribution is 7.91. The molecule has 1 fully saturated rings. The van der Waals surface area contributed by atoms with E-state index in [-0.39, 0.29) is 29.9 Å². The number of methoxy groups -OCH3 is 1. The SMILES string of the molecule is CCN(C(=O)Cc1cc(-c2cccc(OC)c2)on1)C1CCS(=O)(=O)C1. The number of nitrogens with zero attached hydrogens (tertiary/aromatic N) is 2. The zero-order chi connectivity index (χ0) is 18.7. The Bertz CT molecular complexity index is 890. The Labute approximate surface area is 152 Å². The predicted octanol–water partition coefficient (Wildman–Crippen LogP) is 1.93. The number of likely N-dealkylation sites (N-methyl/N-ethyl adjacent to an activating group) is 1. The minimum atomic E-state index is -3.04. The van der Waals surface area contributed by atoms with Gasteiger partial charge in [0.15, 0.2) is 15.6 Å². The molecule has 0 saturated carbocycles. The van der Waals surface area contributed by atoms with Crippen molar-refractivity contribution >= 4 is 15.7 Å². The van der Waals surface area contributed by atoms with Crippen LogP contribution in [-0.2, 0) is 21.1 Å². The molecule has 3 rings (SSSR count). The Kier molecular flexibility index (Phi) is 5.31. The van der Waals surface area contributed by atoms with Gasteiger partial charge in [-0.3, -0.25) is 4.79 Å². The van der Waals surface area contributed by atoms with E-state index in [0.29, 0.717) is 30.2 Å². The lowest BCUT2D eigenvalue weighted by molar-refractivity contribution is -0.132. The van der Waals surface area contributed by atoms with Crippen molar-refractivity contribution in [3.05, 3.63) is 36.0 Å². The average molecular weight is 378 g/mol. The first-order valence-corrected chi connectivity index (χ1v) is 10.3. The molecule has 0 bridgehead atoms. The minimum Gasteiger partial charge on any atom is -0.497 e. The largest absolute Gasteiger partial charge is 0.497 e. The summed E-state index contributed by atoms with van der Waals surface area (Å²) in [4.78, 5) is 14.2. The molecule has 2 heterocycles. The maximum absolute atomic E-state index is 12.6. The molecule has 2 aromatic rings. The van der Waals surface area contributed by atoms with Gasteiger partial charge in [-0.1, -0.05) is 17.3 Å². The fraction of sp³-hybridized carbons (Fsp3) is 0.444. The molecule has 1 aliphatic heterocycles. The molecule has 26 heavy (non-hydrogen) atoms. The maximum atomic E-state index is 12.6. The number of carbonyl (C=O) groups excluding carboxylic acids is 1. The summed E-state index contributed by atoms with van der Waals surface area (Å²) in [6, 6.07) is 8.86. The topological polar surface area (TPSA) is 89.7 Å². The Morgan fingerprint density at radius 1 is 1.38 bits per heavy atom. The zero-order valence-corrected chi connectivity index (χ0v) is 15.7. The second-order valence-corrected chi connectivity index (χ2v) is 8.56. The summed E-state index contributed by atoms with van der Waals surface area (Å²) in [5, 5.41) is 3.98. The predicted molar refractivity (Wildman–Crippen MR) is 96.6 cm³/mol. The van der Waals surface area contributed by atoms with Crippen LogP contribution in [0.5, 0.6) is 5.75 Å². The Morgan fingerprint density at radius 3 is 2.85 bits per heavy atom. The molecule has 0 N–H and O–H groups in total. The van der Waals surface area contributed by atoms with Gasteiger partial charge in [-0.2, -0.15) is 0 Å². The number of aromatic nitrogens is 1. The first kappa shape index (κ1) is 18.4. The molecule has 1 atom stereocenters. The molecule has 1 aliphatic rings. The third-order valence-electron chi connectivity index (χ3n) is 4.56. The van der Waals surface area contributed by atoms with Crippen LogP contribution in [0.4, 0.5) is 0 Å². The molecule has 140 valence electrons. The second kappa shape index (κ2) is 7.49. The maximum Gasteiger partial charge on any atom is 0.228 e. The average Bonchev–Trinajstić information content (AvgIpc) is 3.22. The van der Waals surface area contributed by atoms with E-state index in [1.807, 2.05) is 31.2 Å². The van der Waals surface area contributed by atoms with E-state index in [4.69, 9.17) is 9.26 Å². The third kappa shape index (κ3) is 4.07. The summed E-state index contributed by atoms with van der Waals surface area (Å²) >= 11 is 0. The standard InChI is InChI=1S/C18H22N2O5S/c1-3-20(15-7-8-26(22,23)12-15)18(21)11-14-10-17(25-19-14)13-5-4-6-16(9-13)24-2/h4-6,9-10,15H,3,7-8,11-12H2,1-2H3. The molecular weight excluding hydrogens is 356 g/mol. The quantitative estimate of drug-likeness (QED) is 0.763.